The molecular formula is C10H10ClN3O. The predicted octanol–water partition coefficient (Wildman–Crippen LogP) is 2.54. The smallest absolute Gasteiger partial charge is 0.243 e. The number of aromatic nitrogens is 3. The number of nitrogens with one attached hydrogen (secondary N) is 1. The molecule has 0 atom stereocenters. The van der Waals surface area contributed by atoms with Crippen LogP contribution in [0.3, 0.4) is 0 Å². The molecule has 15 heavy (non-hydrogen) atoms. The highest BCUT2D eigenvalue weighted by Gasteiger charge is 2.21. The second-order valence-corrected chi connectivity index (χ2v) is 4.04. The van der Waals surface area contributed by atoms with Gasteiger partial charge in [-0.3, -0.25) is 0 Å². The maximum Gasteiger partial charge on any atom is 0.243 e. The second-order valence-electron chi connectivity index (χ2n) is 3.71. The maximum absolute atomic E-state index is 5.81. The van der Waals surface area contributed by atoms with E-state index < -0.39 is 0 Å². The van der Waals surface area contributed by atoms with Gasteiger partial charge in [0.1, 0.15) is 11.6 Å². The summed E-state index contributed by atoms with van der Waals surface area (Å²) in [6.45, 7) is 0. The Labute approximate surface area is 91.6 Å². The van der Waals surface area contributed by atoms with Crippen molar-refractivity contribution in [1.29, 1.82) is 0 Å². The van der Waals surface area contributed by atoms with E-state index in [0.29, 0.717) is 12.0 Å². The van der Waals surface area contributed by atoms with Crippen molar-refractivity contribution in [2.75, 3.05) is 0 Å². The van der Waals surface area contributed by atoms with Gasteiger partial charge in [-0.2, -0.15) is 4.98 Å². The molecule has 0 spiro atoms. The van der Waals surface area contributed by atoms with Gasteiger partial charge in [0, 0.05) is 6.20 Å². The fraction of sp³-hybridized carbons (Fsp3) is 0.400. The van der Waals surface area contributed by atoms with Crippen LogP contribution < -0.4 is 4.74 Å². The number of H-pyrrole nitrogens is 1. The molecule has 0 aliphatic heterocycles. The Morgan fingerprint density at radius 2 is 2.27 bits per heavy atom. The quantitative estimate of drug-likeness (QED) is 0.796. The Hall–Kier alpha value is -1.29. The minimum Gasteiger partial charge on any atom is -0.473 e. The molecule has 0 unspecified atom stereocenters. The van der Waals surface area contributed by atoms with E-state index in [1.54, 1.807) is 0 Å². The van der Waals surface area contributed by atoms with Crippen LogP contribution in [0.1, 0.15) is 19.3 Å². The Morgan fingerprint density at radius 1 is 1.40 bits per heavy atom. The average molecular weight is 224 g/mol. The normalized spacial score (nSPS) is 16.6. The molecule has 2 aromatic heterocycles. The summed E-state index contributed by atoms with van der Waals surface area (Å²) in [5, 5.41) is 0.233. The Kier molecular flexibility index (Phi) is 2.02. The fourth-order valence-corrected chi connectivity index (χ4v) is 1.79. The number of halogens is 1. The average Bonchev–Trinajstić information content (AvgIpc) is 2.58. The first-order valence-electron chi connectivity index (χ1n) is 5.00. The Morgan fingerprint density at radius 3 is 3.00 bits per heavy atom. The van der Waals surface area contributed by atoms with E-state index in [2.05, 4.69) is 15.0 Å². The number of nitrogens with zero attached hydrogens (tertiary/aromatic N) is 2. The highest BCUT2D eigenvalue weighted by Crippen LogP contribution is 2.28. The summed E-state index contributed by atoms with van der Waals surface area (Å²) in [7, 11) is 0. The van der Waals surface area contributed by atoms with Gasteiger partial charge in [-0.1, -0.05) is 0 Å². The van der Waals surface area contributed by atoms with E-state index in [1.165, 1.54) is 6.42 Å². The number of aromatic amines is 1. The summed E-state index contributed by atoms with van der Waals surface area (Å²) in [4.78, 5) is 11.2. The van der Waals surface area contributed by atoms with Gasteiger partial charge in [-0.05, 0) is 36.9 Å². The molecule has 0 radical (unpaired) electrons. The number of hydrogen-bond acceptors (Lipinski definition) is 3. The van der Waals surface area contributed by atoms with Crippen molar-refractivity contribution >= 4 is 22.6 Å². The van der Waals surface area contributed by atoms with Crippen LogP contribution in [0.5, 0.6) is 5.88 Å². The van der Waals surface area contributed by atoms with E-state index >= 15 is 0 Å². The first kappa shape index (κ1) is 8.97. The third-order valence-corrected chi connectivity index (χ3v) is 2.84. The molecule has 5 heteroatoms. The topological polar surface area (TPSA) is 50.8 Å². The summed E-state index contributed by atoms with van der Waals surface area (Å²) in [5.41, 5.74) is 1.62. The molecule has 1 aliphatic rings. The van der Waals surface area contributed by atoms with Gasteiger partial charge >= 0.3 is 0 Å². The minimum atomic E-state index is 0.233. The van der Waals surface area contributed by atoms with Crippen LogP contribution in [-0.4, -0.2) is 21.1 Å². The lowest BCUT2D eigenvalue weighted by Gasteiger charge is -2.25. The molecular weight excluding hydrogens is 214 g/mol. The molecule has 0 bridgehead atoms. The molecule has 78 valence electrons. The Balaban J connectivity index is 2.02. The molecule has 1 aliphatic carbocycles. The molecule has 0 amide bonds. The zero-order chi connectivity index (χ0) is 10.3. The Bertz CT molecular complexity index is 492. The lowest BCUT2D eigenvalue weighted by molar-refractivity contribution is 0.116. The van der Waals surface area contributed by atoms with Crippen LogP contribution in [0.2, 0.25) is 5.28 Å². The van der Waals surface area contributed by atoms with Gasteiger partial charge in [-0.15, -0.1) is 0 Å². The van der Waals surface area contributed by atoms with Gasteiger partial charge < -0.3 is 9.72 Å². The third kappa shape index (κ3) is 1.55. The second kappa shape index (κ2) is 3.38. The van der Waals surface area contributed by atoms with Crippen molar-refractivity contribution in [3.05, 3.63) is 17.5 Å². The molecule has 4 nitrogen and oxygen atoms in total. The third-order valence-electron chi connectivity index (χ3n) is 2.68. The van der Waals surface area contributed by atoms with Crippen LogP contribution in [0.25, 0.3) is 11.0 Å². The van der Waals surface area contributed by atoms with Crippen molar-refractivity contribution < 1.29 is 4.74 Å². The van der Waals surface area contributed by atoms with Crippen molar-refractivity contribution in [2.45, 2.75) is 25.4 Å². The van der Waals surface area contributed by atoms with Crippen molar-refractivity contribution in [1.82, 2.24) is 15.0 Å². The molecule has 2 heterocycles. The number of ether oxygens (including phenoxy) is 1. The van der Waals surface area contributed by atoms with Crippen LogP contribution in [0, 0.1) is 0 Å². The van der Waals surface area contributed by atoms with Gasteiger partial charge in [0.05, 0.1) is 5.52 Å². The van der Waals surface area contributed by atoms with Crippen molar-refractivity contribution in [3.8, 4) is 5.88 Å². The van der Waals surface area contributed by atoms with E-state index in [1.807, 2.05) is 12.3 Å². The van der Waals surface area contributed by atoms with E-state index in [4.69, 9.17) is 16.3 Å². The summed E-state index contributed by atoms with van der Waals surface area (Å²) in [6, 6.07) is 1.86. The number of fused-ring (bicyclic) bond motifs is 1. The molecule has 1 fully saturated rings. The minimum absolute atomic E-state index is 0.233. The zero-order valence-corrected chi connectivity index (χ0v) is 8.79. The van der Waals surface area contributed by atoms with Gasteiger partial charge in [0.25, 0.3) is 0 Å². The molecule has 0 aromatic carbocycles. The SMILES string of the molecule is Clc1nc(OC2CCC2)c2[nH]ccc2n1. The summed E-state index contributed by atoms with van der Waals surface area (Å²) in [6.07, 6.45) is 5.54. The largest absolute Gasteiger partial charge is 0.473 e. The van der Waals surface area contributed by atoms with Crippen LogP contribution >= 0.6 is 11.6 Å². The highest BCUT2D eigenvalue weighted by atomic mass is 35.5. The first-order chi connectivity index (χ1) is 7.33. The molecule has 0 saturated heterocycles. The summed E-state index contributed by atoms with van der Waals surface area (Å²) >= 11 is 5.81. The standard InChI is InChI=1S/C10H10ClN3O/c11-10-13-7-4-5-12-8(7)9(14-10)15-6-2-1-3-6/h4-6,12H,1-3H2. The molecule has 2 aromatic rings. The number of hydrogen-bond donors (Lipinski definition) is 1. The van der Waals surface area contributed by atoms with Gasteiger partial charge in [-0.25, -0.2) is 4.98 Å². The van der Waals surface area contributed by atoms with Gasteiger partial charge in [0.2, 0.25) is 11.2 Å². The van der Waals surface area contributed by atoms with Gasteiger partial charge in [0.15, 0.2) is 0 Å². The zero-order valence-electron chi connectivity index (χ0n) is 8.03. The summed E-state index contributed by atoms with van der Waals surface area (Å²) in [5.74, 6) is 0.569. The van der Waals surface area contributed by atoms with Crippen LogP contribution in [0.4, 0.5) is 0 Å². The molecule has 1 saturated carbocycles. The van der Waals surface area contributed by atoms with Crippen LogP contribution in [-0.2, 0) is 0 Å². The lowest BCUT2D eigenvalue weighted by atomic mass is 9.96. The lowest BCUT2D eigenvalue weighted by Crippen LogP contribution is -2.25. The first-order valence-corrected chi connectivity index (χ1v) is 5.38. The maximum atomic E-state index is 5.81. The summed E-state index contributed by atoms with van der Waals surface area (Å²) < 4.78 is 5.74. The van der Waals surface area contributed by atoms with E-state index in [-0.39, 0.29) is 5.28 Å². The highest BCUT2D eigenvalue weighted by molar-refractivity contribution is 6.28. The number of rotatable bonds is 2. The van der Waals surface area contributed by atoms with Crippen LogP contribution in [0.15, 0.2) is 12.3 Å². The fourth-order valence-electron chi connectivity index (χ4n) is 1.62. The predicted molar refractivity (Wildman–Crippen MR) is 57.2 cm³/mol. The van der Waals surface area contributed by atoms with E-state index in [0.717, 1.165) is 23.9 Å². The van der Waals surface area contributed by atoms with Crippen molar-refractivity contribution in [3.63, 3.8) is 0 Å². The van der Waals surface area contributed by atoms with Crippen molar-refractivity contribution in [2.24, 2.45) is 0 Å². The molecule has 3 rings (SSSR count). The molecule has 1 N–H and O–H groups in total. The monoisotopic (exact) mass is 223 g/mol. The van der Waals surface area contributed by atoms with E-state index in [9.17, 15) is 0 Å².